The Morgan fingerprint density at radius 1 is 1.14 bits per heavy atom. The summed E-state index contributed by atoms with van der Waals surface area (Å²) in [4.78, 5) is 0. The van der Waals surface area contributed by atoms with Gasteiger partial charge >= 0.3 is 0 Å². The Bertz CT molecular complexity index is 632. The Hall–Kier alpha value is -1.65. The first-order chi connectivity index (χ1) is 9.97. The Balaban J connectivity index is 2.27. The van der Waals surface area contributed by atoms with Gasteiger partial charge in [-0.1, -0.05) is 37.6 Å². The van der Waals surface area contributed by atoms with E-state index in [1.165, 1.54) is 6.07 Å². The van der Waals surface area contributed by atoms with Crippen LogP contribution in [-0.2, 0) is 6.54 Å². The fourth-order valence-electron chi connectivity index (χ4n) is 1.78. The fourth-order valence-corrected chi connectivity index (χ4v) is 2.01. The topological polar surface area (TPSA) is 21.3 Å². The molecule has 0 saturated carbocycles. The Kier molecular flexibility index (Phi) is 5.15. The molecule has 0 unspecified atom stereocenters. The Morgan fingerprint density at radius 2 is 1.90 bits per heavy atom. The summed E-state index contributed by atoms with van der Waals surface area (Å²) in [6, 6.07) is 9.07. The van der Waals surface area contributed by atoms with Crippen LogP contribution in [0.5, 0.6) is 11.5 Å². The maximum atomic E-state index is 13.2. The lowest BCUT2D eigenvalue weighted by Crippen LogP contribution is -2.22. The zero-order chi connectivity index (χ0) is 15.4. The van der Waals surface area contributed by atoms with E-state index in [9.17, 15) is 8.78 Å². The van der Waals surface area contributed by atoms with Crippen LogP contribution in [0.25, 0.3) is 0 Å². The first-order valence-electron chi connectivity index (χ1n) is 6.61. The van der Waals surface area contributed by atoms with E-state index in [1.807, 2.05) is 26.0 Å². The molecule has 2 aromatic rings. The van der Waals surface area contributed by atoms with Gasteiger partial charge in [-0.25, -0.2) is 8.78 Å². The van der Waals surface area contributed by atoms with Gasteiger partial charge in [0.15, 0.2) is 11.6 Å². The summed E-state index contributed by atoms with van der Waals surface area (Å²) in [5.41, 5.74) is 0.848. The van der Waals surface area contributed by atoms with Crippen LogP contribution in [0.2, 0.25) is 5.02 Å². The zero-order valence-corrected chi connectivity index (χ0v) is 12.5. The van der Waals surface area contributed by atoms with Crippen LogP contribution in [0, 0.1) is 11.6 Å². The van der Waals surface area contributed by atoms with Crippen LogP contribution in [0.15, 0.2) is 36.4 Å². The lowest BCUT2D eigenvalue weighted by molar-refractivity contribution is 0.453. The smallest absolute Gasteiger partial charge is 0.162 e. The maximum absolute atomic E-state index is 13.2. The van der Waals surface area contributed by atoms with Crippen molar-refractivity contribution in [2.75, 3.05) is 0 Å². The van der Waals surface area contributed by atoms with E-state index in [0.717, 1.165) is 17.7 Å². The van der Waals surface area contributed by atoms with Crippen molar-refractivity contribution in [3.63, 3.8) is 0 Å². The predicted molar refractivity (Wildman–Crippen MR) is 79.9 cm³/mol. The summed E-state index contributed by atoms with van der Waals surface area (Å²) < 4.78 is 31.8. The molecular formula is C16H16ClF2NO. The number of rotatable bonds is 5. The summed E-state index contributed by atoms with van der Waals surface area (Å²) in [7, 11) is 0. The highest BCUT2D eigenvalue weighted by Gasteiger charge is 2.11. The number of para-hydroxylation sites is 1. The molecule has 0 aromatic heterocycles. The molecule has 0 atom stereocenters. The van der Waals surface area contributed by atoms with Crippen LogP contribution in [0.3, 0.4) is 0 Å². The van der Waals surface area contributed by atoms with Crippen molar-refractivity contribution in [3.05, 3.63) is 58.6 Å². The summed E-state index contributed by atoms with van der Waals surface area (Å²) in [6.07, 6.45) is 0. The molecule has 2 rings (SSSR count). The number of hydrogen-bond acceptors (Lipinski definition) is 2. The number of hydrogen-bond donors (Lipinski definition) is 1. The Labute approximate surface area is 127 Å². The molecule has 0 heterocycles. The molecule has 112 valence electrons. The molecule has 2 aromatic carbocycles. The minimum atomic E-state index is -0.957. The quantitative estimate of drug-likeness (QED) is 0.847. The van der Waals surface area contributed by atoms with Gasteiger partial charge in [-0.2, -0.15) is 0 Å². The molecule has 0 radical (unpaired) electrons. The van der Waals surface area contributed by atoms with Crippen LogP contribution in [-0.4, -0.2) is 6.04 Å². The summed E-state index contributed by atoms with van der Waals surface area (Å²) in [5.74, 6) is -1.23. The van der Waals surface area contributed by atoms with Crippen molar-refractivity contribution in [2.24, 2.45) is 0 Å². The summed E-state index contributed by atoms with van der Waals surface area (Å²) in [5, 5.41) is 3.68. The SMILES string of the molecule is CC(C)NCc1cccc(Cl)c1Oc1ccc(F)c(F)c1. The average molecular weight is 312 g/mol. The predicted octanol–water partition coefficient (Wildman–Crippen LogP) is 4.91. The average Bonchev–Trinajstić information content (AvgIpc) is 2.43. The van der Waals surface area contributed by atoms with Gasteiger partial charge in [0.25, 0.3) is 0 Å². The second kappa shape index (κ2) is 6.87. The highest BCUT2D eigenvalue weighted by molar-refractivity contribution is 6.32. The van der Waals surface area contributed by atoms with Crippen molar-refractivity contribution >= 4 is 11.6 Å². The lowest BCUT2D eigenvalue weighted by atomic mass is 10.2. The third kappa shape index (κ3) is 4.16. The Morgan fingerprint density at radius 3 is 2.57 bits per heavy atom. The molecule has 0 bridgehead atoms. The number of nitrogens with one attached hydrogen (secondary N) is 1. The second-order valence-electron chi connectivity index (χ2n) is 4.94. The van der Waals surface area contributed by atoms with Crippen LogP contribution in [0.1, 0.15) is 19.4 Å². The molecule has 0 aliphatic rings. The van der Waals surface area contributed by atoms with Gasteiger partial charge < -0.3 is 10.1 Å². The second-order valence-corrected chi connectivity index (χ2v) is 5.35. The van der Waals surface area contributed by atoms with Crippen molar-refractivity contribution in [1.82, 2.24) is 5.32 Å². The largest absolute Gasteiger partial charge is 0.455 e. The third-order valence-corrected chi connectivity index (χ3v) is 3.16. The monoisotopic (exact) mass is 311 g/mol. The minimum absolute atomic E-state index is 0.202. The molecule has 21 heavy (non-hydrogen) atoms. The van der Waals surface area contributed by atoms with Crippen LogP contribution < -0.4 is 10.1 Å². The summed E-state index contributed by atoms with van der Waals surface area (Å²) >= 11 is 6.15. The van der Waals surface area contributed by atoms with Gasteiger partial charge in [0.2, 0.25) is 0 Å². The van der Waals surface area contributed by atoms with E-state index in [2.05, 4.69) is 5.32 Å². The number of benzene rings is 2. The van der Waals surface area contributed by atoms with Gasteiger partial charge in [0.1, 0.15) is 11.5 Å². The molecule has 2 nitrogen and oxygen atoms in total. The number of halogens is 3. The van der Waals surface area contributed by atoms with Gasteiger partial charge in [0.05, 0.1) is 5.02 Å². The molecule has 5 heteroatoms. The first kappa shape index (κ1) is 15.7. The lowest BCUT2D eigenvalue weighted by Gasteiger charge is -2.15. The fraction of sp³-hybridized carbons (Fsp3) is 0.250. The number of ether oxygens (including phenoxy) is 1. The molecule has 0 fully saturated rings. The highest BCUT2D eigenvalue weighted by Crippen LogP contribution is 2.33. The molecule has 0 aliphatic carbocycles. The minimum Gasteiger partial charge on any atom is -0.455 e. The van der Waals surface area contributed by atoms with E-state index in [1.54, 1.807) is 6.07 Å². The molecule has 0 spiro atoms. The molecule has 0 saturated heterocycles. The molecular weight excluding hydrogens is 296 g/mol. The standard InChI is InChI=1S/C16H16ClF2NO/c1-10(2)20-9-11-4-3-5-13(17)16(11)21-12-6-7-14(18)15(19)8-12/h3-8,10,20H,9H2,1-2H3. The van der Waals surface area contributed by atoms with Gasteiger partial charge in [-0.3, -0.25) is 0 Å². The van der Waals surface area contributed by atoms with E-state index in [0.29, 0.717) is 23.4 Å². The first-order valence-corrected chi connectivity index (χ1v) is 6.99. The maximum Gasteiger partial charge on any atom is 0.162 e. The molecule has 0 amide bonds. The van der Waals surface area contributed by atoms with E-state index >= 15 is 0 Å². The normalized spacial score (nSPS) is 11.0. The van der Waals surface area contributed by atoms with Crippen molar-refractivity contribution in [2.45, 2.75) is 26.4 Å². The van der Waals surface area contributed by atoms with Gasteiger partial charge in [-0.05, 0) is 18.2 Å². The van der Waals surface area contributed by atoms with Crippen molar-refractivity contribution < 1.29 is 13.5 Å². The molecule has 0 aliphatic heterocycles. The zero-order valence-electron chi connectivity index (χ0n) is 11.8. The van der Waals surface area contributed by atoms with Gasteiger partial charge in [-0.15, -0.1) is 0 Å². The van der Waals surface area contributed by atoms with E-state index < -0.39 is 11.6 Å². The van der Waals surface area contributed by atoms with Crippen molar-refractivity contribution in [1.29, 1.82) is 0 Å². The van der Waals surface area contributed by atoms with E-state index in [4.69, 9.17) is 16.3 Å². The van der Waals surface area contributed by atoms with Gasteiger partial charge in [0, 0.05) is 24.2 Å². The van der Waals surface area contributed by atoms with Crippen molar-refractivity contribution in [3.8, 4) is 11.5 Å². The summed E-state index contributed by atoms with van der Waals surface area (Å²) in [6.45, 7) is 4.62. The molecule has 1 N–H and O–H groups in total. The third-order valence-electron chi connectivity index (χ3n) is 2.86. The van der Waals surface area contributed by atoms with Crippen LogP contribution in [0.4, 0.5) is 8.78 Å². The van der Waals surface area contributed by atoms with E-state index in [-0.39, 0.29) is 5.75 Å². The van der Waals surface area contributed by atoms with Crippen LogP contribution >= 0.6 is 11.6 Å². The highest BCUT2D eigenvalue weighted by atomic mass is 35.5.